The van der Waals surface area contributed by atoms with Gasteiger partial charge in [0.15, 0.2) is 0 Å². The summed E-state index contributed by atoms with van der Waals surface area (Å²) in [5.41, 5.74) is 2.89. The van der Waals surface area contributed by atoms with E-state index < -0.39 is 12.1 Å². The lowest BCUT2D eigenvalue weighted by Crippen LogP contribution is -2.47. The number of hydrogen-bond donors (Lipinski definition) is 2. The molecule has 1 aromatic carbocycles. The van der Waals surface area contributed by atoms with Crippen LogP contribution in [0, 0.1) is 19.8 Å². The van der Waals surface area contributed by atoms with Gasteiger partial charge in [0.25, 0.3) is 5.91 Å². The minimum absolute atomic E-state index is 0.0219. The standard InChI is InChI=1S/C20H31N3O2.C2HF3O2/c1-15(2)14-23(8-5-19(24)22-9-6-21-7-10-22)20(25)18-12-16(3)11-17(4)13-18;3-2(4,5)1(6)7/h11-13,15,21H,5-10,14H2,1-4H3;(H,6,7). The van der Waals surface area contributed by atoms with Gasteiger partial charge in [0.1, 0.15) is 0 Å². The molecule has 1 aromatic rings. The number of alkyl halides is 3. The number of carboxylic acid groups (broad SMARTS) is 1. The van der Waals surface area contributed by atoms with E-state index in [2.05, 4.69) is 25.2 Å². The summed E-state index contributed by atoms with van der Waals surface area (Å²) in [6.07, 6.45) is -4.69. The molecule has 2 rings (SSSR count). The number of nitrogens with zero attached hydrogens (tertiary/aromatic N) is 2. The molecule has 32 heavy (non-hydrogen) atoms. The Morgan fingerprint density at radius 3 is 2.03 bits per heavy atom. The molecule has 1 aliphatic rings. The lowest BCUT2D eigenvalue weighted by atomic mass is 10.1. The van der Waals surface area contributed by atoms with Crippen molar-refractivity contribution >= 4 is 17.8 Å². The van der Waals surface area contributed by atoms with Crippen molar-refractivity contribution in [3.8, 4) is 0 Å². The van der Waals surface area contributed by atoms with Crippen LogP contribution in [-0.4, -0.2) is 78.1 Å². The highest BCUT2D eigenvalue weighted by molar-refractivity contribution is 5.95. The van der Waals surface area contributed by atoms with E-state index in [9.17, 15) is 22.8 Å². The number of carboxylic acids is 1. The van der Waals surface area contributed by atoms with Gasteiger partial charge in [-0.25, -0.2) is 4.79 Å². The number of aliphatic carboxylic acids is 1. The number of amides is 2. The molecular formula is C22H32F3N3O4. The first-order valence-electron chi connectivity index (χ1n) is 10.5. The highest BCUT2D eigenvalue weighted by atomic mass is 19.4. The number of hydrogen-bond acceptors (Lipinski definition) is 4. The molecular weight excluding hydrogens is 427 g/mol. The molecule has 1 saturated heterocycles. The predicted octanol–water partition coefficient (Wildman–Crippen LogP) is 2.86. The largest absolute Gasteiger partial charge is 0.490 e. The van der Waals surface area contributed by atoms with Gasteiger partial charge in [0, 0.05) is 51.3 Å². The molecule has 0 spiro atoms. The monoisotopic (exact) mass is 459 g/mol. The van der Waals surface area contributed by atoms with Crippen molar-refractivity contribution in [3.05, 3.63) is 34.9 Å². The second kappa shape index (κ2) is 12.4. The van der Waals surface area contributed by atoms with Crippen LogP contribution in [0.15, 0.2) is 18.2 Å². The number of nitrogens with one attached hydrogen (secondary N) is 1. The number of piperazine rings is 1. The normalized spacial score (nSPS) is 13.9. The molecule has 7 nitrogen and oxygen atoms in total. The Morgan fingerprint density at radius 2 is 1.59 bits per heavy atom. The molecule has 1 fully saturated rings. The van der Waals surface area contributed by atoms with Gasteiger partial charge in [-0.1, -0.05) is 31.0 Å². The van der Waals surface area contributed by atoms with Crippen LogP contribution >= 0.6 is 0 Å². The third-order valence-electron chi connectivity index (χ3n) is 4.65. The van der Waals surface area contributed by atoms with E-state index >= 15 is 0 Å². The van der Waals surface area contributed by atoms with E-state index in [1.807, 2.05) is 35.8 Å². The molecule has 0 aliphatic carbocycles. The molecule has 10 heteroatoms. The van der Waals surface area contributed by atoms with E-state index in [0.717, 1.165) is 37.3 Å². The Labute approximate surface area is 186 Å². The van der Waals surface area contributed by atoms with E-state index in [0.29, 0.717) is 31.0 Å². The Morgan fingerprint density at radius 1 is 1.09 bits per heavy atom. The first kappa shape index (κ1) is 27.4. The minimum Gasteiger partial charge on any atom is -0.475 e. The SMILES string of the molecule is Cc1cc(C)cc(C(=O)N(CCC(=O)N2CCNCC2)CC(C)C)c1.O=C(O)C(F)(F)F. The van der Waals surface area contributed by atoms with Gasteiger partial charge in [-0.3, -0.25) is 9.59 Å². The zero-order valence-electron chi connectivity index (χ0n) is 19.0. The summed E-state index contributed by atoms with van der Waals surface area (Å²) in [6, 6.07) is 5.93. The number of aryl methyl sites for hydroxylation is 2. The molecule has 1 heterocycles. The van der Waals surface area contributed by atoms with E-state index in [1.54, 1.807) is 0 Å². The molecule has 0 unspecified atom stereocenters. The van der Waals surface area contributed by atoms with Gasteiger partial charge < -0.3 is 20.2 Å². The van der Waals surface area contributed by atoms with Crippen LogP contribution in [0.5, 0.6) is 0 Å². The lowest BCUT2D eigenvalue weighted by molar-refractivity contribution is -0.192. The van der Waals surface area contributed by atoms with Crippen LogP contribution in [-0.2, 0) is 9.59 Å². The Hall–Kier alpha value is -2.62. The zero-order chi connectivity index (χ0) is 24.5. The highest BCUT2D eigenvalue weighted by Gasteiger charge is 2.38. The third-order valence-corrected chi connectivity index (χ3v) is 4.65. The maximum Gasteiger partial charge on any atom is 0.490 e. The number of carbonyl (C=O) groups is 3. The number of benzene rings is 1. The Bertz CT molecular complexity index is 771. The van der Waals surface area contributed by atoms with Gasteiger partial charge in [-0.15, -0.1) is 0 Å². The van der Waals surface area contributed by atoms with Crippen LogP contribution in [0.4, 0.5) is 13.2 Å². The molecule has 0 bridgehead atoms. The van der Waals surface area contributed by atoms with Gasteiger partial charge in [0.05, 0.1) is 0 Å². The van der Waals surface area contributed by atoms with Gasteiger partial charge in [0.2, 0.25) is 5.91 Å². The predicted molar refractivity (Wildman–Crippen MR) is 114 cm³/mol. The van der Waals surface area contributed by atoms with Crippen LogP contribution in [0.2, 0.25) is 0 Å². The average Bonchev–Trinajstić information content (AvgIpc) is 2.69. The maximum absolute atomic E-state index is 13.0. The summed E-state index contributed by atoms with van der Waals surface area (Å²) >= 11 is 0. The number of halogens is 3. The van der Waals surface area contributed by atoms with Crippen molar-refractivity contribution in [2.45, 2.75) is 40.3 Å². The third kappa shape index (κ3) is 9.67. The van der Waals surface area contributed by atoms with Crippen LogP contribution in [0.3, 0.4) is 0 Å². The summed E-state index contributed by atoms with van der Waals surface area (Å²) in [5.74, 6) is -2.23. The molecule has 0 atom stereocenters. The average molecular weight is 460 g/mol. The first-order valence-corrected chi connectivity index (χ1v) is 10.5. The summed E-state index contributed by atoms with van der Waals surface area (Å²) in [4.78, 5) is 38.0. The van der Waals surface area contributed by atoms with Crippen molar-refractivity contribution in [2.24, 2.45) is 5.92 Å². The van der Waals surface area contributed by atoms with Crippen molar-refractivity contribution in [3.63, 3.8) is 0 Å². The quantitative estimate of drug-likeness (QED) is 0.683. The lowest BCUT2D eigenvalue weighted by Gasteiger charge is -2.29. The van der Waals surface area contributed by atoms with E-state index in [1.165, 1.54) is 0 Å². The van der Waals surface area contributed by atoms with Crippen molar-refractivity contribution in [2.75, 3.05) is 39.3 Å². The Balaban J connectivity index is 0.000000633. The molecule has 0 aromatic heterocycles. The molecule has 0 radical (unpaired) electrons. The molecule has 180 valence electrons. The van der Waals surface area contributed by atoms with E-state index in [-0.39, 0.29) is 11.8 Å². The summed E-state index contributed by atoms with van der Waals surface area (Å²) < 4.78 is 31.7. The summed E-state index contributed by atoms with van der Waals surface area (Å²) in [6.45, 7) is 12.6. The van der Waals surface area contributed by atoms with Crippen LogP contribution < -0.4 is 5.32 Å². The number of carbonyl (C=O) groups excluding carboxylic acids is 2. The van der Waals surface area contributed by atoms with Crippen LogP contribution in [0.25, 0.3) is 0 Å². The van der Waals surface area contributed by atoms with Crippen molar-refractivity contribution in [1.29, 1.82) is 0 Å². The summed E-state index contributed by atoms with van der Waals surface area (Å²) in [7, 11) is 0. The fourth-order valence-corrected chi connectivity index (χ4v) is 3.30. The first-order chi connectivity index (χ1) is 14.8. The highest BCUT2D eigenvalue weighted by Crippen LogP contribution is 2.14. The zero-order valence-corrected chi connectivity index (χ0v) is 19.0. The maximum atomic E-state index is 13.0. The van der Waals surface area contributed by atoms with E-state index in [4.69, 9.17) is 9.90 Å². The second-order valence-electron chi connectivity index (χ2n) is 8.21. The summed E-state index contributed by atoms with van der Waals surface area (Å²) in [5, 5.41) is 10.4. The number of rotatable bonds is 6. The molecule has 2 N–H and O–H groups in total. The molecule has 1 aliphatic heterocycles. The Kier molecular flexibility index (Phi) is 10.6. The van der Waals surface area contributed by atoms with Crippen molar-refractivity contribution in [1.82, 2.24) is 15.1 Å². The molecule has 0 saturated carbocycles. The van der Waals surface area contributed by atoms with Crippen molar-refractivity contribution < 1.29 is 32.7 Å². The molecule has 2 amide bonds. The van der Waals surface area contributed by atoms with Crippen LogP contribution in [0.1, 0.15) is 41.8 Å². The fraction of sp³-hybridized carbons (Fsp3) is 0.591. The fourth-order valence-electron chi connectivity index (χ4n) is 3.30. The minimum atomic E-state index is -5.08. The topological polar surface area (TPSA) is 90.0 Å². The smallest absolute Gasteiger partial charge is 0.475 e. The van der Waals surface area contributed by atoms with Gasteiger partial charge in [-0.2, -0.15) is 13.2 Å². The van der Waals surface area contributed by atoms with Gasteiger partial charge in [-0.05, 0) is 31.9 Å². The van der Waals surface area contributed by atoms with Gasteiger partial charge >= 0.3 is 12.1 Å². The second-order valence-corrected chi connectivity index (χ2v) is 8.21.